The Morgan fingerprint density at radius 1 is 1.08 bits per heavy atom. The van der Waals surface area contributed by atoms with E-state index in [1.165, 1.54) is 11.3 Å². The Hall–Kier alpha value is -2.80. The van der Waals surface area contributed by atoms with Gasteiger partial charge in [-0.3, -0.25) is 9.59 Å². The minimum Gasteiger partial charge on any atom is -0.347 e. The summed E-state index contributed by atoms with van der Waals surface area (Å²) in [6.45, 7) is 0.184. The average molecular weight is 355 g/mol. The Labute approximate surface area is 148 Å². The molecule has 0 fully saturated rings. The molecule has 3 aromatic rings. The van der Waals surface area contributed by atoms with Crippen LogP contribution in [-0.4, -0.2) is 21.8 Å². The van der Waals surface area contributed by atoms with E-state index >= 15 is 0 Å². The van der Waals surface area contributed by atoms with Crippen molar-refractivity contribution in [3.8, 4) is 10.7 Å². The molecule has 1 amide bonds. The zero-order valence-corrected chi connectivity index (χ0v) is 14.3. The number of Topliss-reactive ketones (excluding diaryl/α,β-unsaturated/α-hetero) is 1. The van der Waals surface area contributed by atoms with E-state index in [-0.39, 0.29) is 24.7 Å². The molecule has 0 radical (unpaired) electrons. The van der Waals surface area contributed by atoms with Crippen LogP contribution in [0.15, 0.2) is 52.4 Å². The molecule has 3 rings (SSSR count). The lowest BCUT2D eigenvalue weighted by Crippen LogP contribution is -2.22. The first kappa shape index (κ1) is 17.0. The summed E-state index contributed by atoms with van der Waals surface area (Å²) in [5.74, 6) is 0.785. The summed E-state index contributed by atoms with van der Waals surface area (Å²) in [6.07, 6.45) is 1.13. The van der Waals surface area contributed by atoms with Crippen LogP contribution < -0.4 is 5.32 Å². The third kappa shape index (κ3) is 4.84. The van der Waals surface area contributed by atoms with Crippen LogP contribution in [0, 0.1) is 0 Å². The fourth-order valence-corrected chi connectivity index (χ4v) is 2.92. The van der Waals surface area contributed by atoms with E-state index in [0.717, 1.165) is 4.88 Å². The summed E-state index contributed by atoms with van der Waals surface area (Å²) >= 11 is 1.52. The minimum atomic E-state index is -0.142. The van der Waals surface area contributed by atoms with Gasteiger partial charge in [0.25, 0.3) is 0 Å². The molecular formula is C18H17N3O3S. The van der Waals surface area contributed by atoms with Gasteiger partial charge in [-0.15, -0.1) is 11.3 Å². The number of carbonyl (C=O) groups is 2. The van der Waals surface area contributed by atoms with E-state index in [1.807, 2.05) is 35.7 Å². The molecule has 6 nitrogen and oxygen atoms in total. The zero-order valence-electron chi connectivity index (χ0n) is 13.5. The van der Waals surface area contributed by atoms with Crippen molar-refractivity contribution < 1.29 is 14.1 Å². The fourth-order valence-electron chi connectivity index (χ4n) is 2.27. The van der Waals surface area contributed by atoms with E-state index in [9.17, 15) is 9.59 Å². The molecule has 0 unspecified atom stereocenters. The topological polar surface area (TPSA) is 85.1 Å². The summed E-state index contributed by atoms with van der Waals surface area (Å²) in [5, 5.41) is 8.55. The van der Waals surface area contributed by atoms with E-state index in [4.69, 9.17) is 4.52 Å². The fraction of sp³-hybridized carbons (Fsp3) is 0.222. The number of benzene rings is 1. The Bertz CT molecular complexity index is 828. The van der Waals surface area contributed by atoms with E-state index < -0.39 is 0 Å². The largest absolute Gasteiger partial charge is 0.347 e. The van der Waals surface area contributed by atoms with Crippen molar-refractivity contribution in [2.75, 3.05) is 0 Å². The van der Waals surface area contributed by atoms with E-state index in [1.54, 1.807) is 12.1 Å². The first-order valence-corrected chi connectivity index (χ1v) is 8.82. The van der Waals surface area contributed by atoms with Gasteiger partial charge in [0.05, 0.1) is 11.4 Å². The summed E-state index contributed by atoms with van der Waals surface area (Å²) < 4.78 is 5.12. The zero-order chi connectivity index (χ0) is 17.5. The maximum absolute atomic E-state index is 12.0. The highest BCUT2D eigenvalue weighted by Crippen LogP contribution is 2.21. The van der Waals surface area contributed by atoms with Gasteiger partial charge >= 0.3 is 0 Å². The standard InChI is InChI=1S/C18H17N3O3S/c22-14(13-6-2-1-3-7-13)8-4-10-16(23)19-12-17-20-18(21-24-17)15-9-5-11-25-15/h1-3,5-7,9,11H,4,8,10,12H2,(H,19,23). The van der Waals surface area contributed by atoms with Crippen molar-refractivity contribution in [2.45, 2.75) is 25.8 Å². The molecule has 0 atom stereocenters. The second-order valence-corrected chi connectivity index (χ2v) is 6.36. The van der Waals surface area contributed by atoms with Crippen LogP contribution in [0.25, 0.3) is 10.7 Å². The van der Waals surface area contributed by atoms with Crippen LogP contribution in [-0.2, 0) is 11.3 Å². The predicted molar refractivity (Wildman–Crippen MR) is 94.1 cm³/mol. The third-order valence-corrected chi connectivity index (χ3v) is 4.42. The molecule has 7 heteroatoms. The normalized spacial score (nSPS) is 10.6. The number of amides is 1. The molecular weight excluding hydrogens is 338 g/mol. The summed E-state index contributed by atoms with van der Waals surface area (Å²) in [6, 6.07) is 12.9. The molecule has 0 bridgehead atoms. The lowest BCUT2D eigenvalue weighted by atomic mass is 10.1. The van der Waals surface area contributed by atoms with Crippen LogP contribution in [0.1, 0.15) is 35.5 Å². The van der Waals surface area contributed by atoms with Crippen molar-refractivity contribution in [1.82, 2.24) is 15.5 Å². The first-order valence-electron chi connectivity index (χ1n) is 7.94. The van der Waals surface area contributed by atoms with Gasteiger partial charge in [0.1, 0.15) is 0 Å². The molecule has 2 aromatic heterocycles. The van der Waals surface area contributed by atoms with E-state index in [0.29, 0.717) is 30.1 Å². The molecule has 2 heterocycles. The monoisotopic (exact) mass is 355 g/mol. The molecule has 0 aliphatic carbocycles. The summed E-state index contributed by atoms with van der Waals surface area (Å²) in [4.78, 5) is 29.0. The van der Waals surface area contributed by atoms with Crippen molar-refractivity contribution >= 4 is 23.0 Å². The van der Waals surface area contributed by atoms with Gasteiger partial charge in [-0.2, -0.15) is 4.98 Å². The van der Waals surface area contributed by atoms with Gasteiger partial charge in [0.2, 0.25) is 17.6 Å². The van der Waals surface area contributed by atoms with Gasteiger partial charge in [-0.25, -0.2) is 0 Å². The molecule has 0 aliphatic rings. The maximum atomic E-state index is 12.0. The molecule has 0 spiro atoms. The number of nitrogens with one attached hydrogen (secondary N) is 1. The second kappa shape index (κ2) is 8.34. The Kier molecular flexibility index (Phi) is 5.69. The number of hydrogen-bond donors (Lipinski definition) is 1. The predicted octanol–water partition coefficient (Wildman–Crippen LogP) is 3.47. The van der Waals surface area contributed by atoms with Crippen LogP contribution in [0.5, 0.6) is 0 Å². The van der Waals surface area contributed by atoms with Crippen molar-refractivity contribution in [2.24, 2.45) is 0 Å². The van der Waals surface area contributed by atoms with Gasteiger partial charge < -0.3 is 9.84 Å². The smallest absolute Gasteiger partial charge is 0.246 e. The highest BCUT2D eigenvalue weighted by molar-refractivity contribution is 7.13. The molecule has 0 saturated carbocycles. The molecule has 1 N–H and O–H groups in total. The molecule has 1 aromatic carbocycles. The Morgan fingerprint density at radius 2 is 1.92 bits per heavy atom. The first-order chi connectivity index (χ1) is 12.2. The van der Waals surface area contributed by atoms with Crippen molar-refractivity contribution in [3.63, 3.8) is 0 Å². The number of ketones is 1. The molecule has 128 valence electrons. The number of nitrogens with zero attached hydrogens (tertiary/aromatic N) is 2. The number of hydrogen-bond acceptors (Lipinski definition) is 6. The number of thiophene rings is 1. The van der Waals surface area contributed by atoms with Gasteiger partial charge in [0.15, 0.2) is 5.78 Å². The van der Waals surface area contributed by atoms with Crippen LogP contribution in [0.2, 0.25) is 0 Å². The highest BCUT2D eigenvalue weighted by Gasteiger charge is 2.11. The molecule has 0 aliphatic heterocycles. The summed E-state index contributed by atoms with van der Waals surface area (Å²) in [5.41, 5.74) is 0.676. The SMILES string of the molecule is O=C(CCCC(=O)c1ccccc1)NCc1nc(-c2cccs2)no1. The molecule has 25 heavy (non-hydrogen) atoms. The quantitative estimate of drug-likeness (QED) is 0.625. The number of aromatic nitrogens is 2. The van der Waals surface area contributed by atoms with Crippen molar-refractivity contribution in [1.29, 1.82) is 0 Å². The lowest BCUT2D eigenvalue weighted by Gasteiger charge is -2.02. The highest BCUT2D eigenvalue weighted by atomic mass is 32.1. The number of carbonyl (C=O) groups excluding carboxylic acids is 2. The van der Waals surface area contributed by atoms with Crippen LogP contribution in [0.3, 0.4) is 0 Å². The van der Waals surface area contributed by atoms with Crippen LogP contribution >= 0.6 is 11.3 Å². The lowest BCUT2D eigenvalue weighted by molar-refractivity contribution is -0.121. The maximum Gasteiger partial charge on any atom is 0.246 e. The van der Waals surface area contributed by atoms with Crippen LogP contribution in [0.4, 0.5) is 0 Å². The van der Waals surface area contributed by atoms with E-state index in [2.05, 4.69) is 15.5 Å². The average Bonchev–Trinajstić information content (AvgIpc) is 3.32. The summed E-state index contributed by atoms with van der Waals surface area (Å²) in [7, 11) is 0. The molecule has 0 saturated heterocycles. The van der Waals surface area contributed by atoms with Gasteiger partial charge in [-0.1, -0.05) is 41.6 Å². The van der Waals surface area contributed by atoms with Gasteiger partial charge in [-0.05, 0) is 17.9 Å². The Morgan fingerprint density at radius 3 is 2.68 bits per heavy atom. The Balaban J connectivity index is 1.39. The number of rotatable bonds is 8. The minimum absolute atomic E-state index is 0.0471. The second-order valence-electron chi connectivity index (χ2n) is 5.41. The van der Waals surface area contributed by atoms with Crippen molar-refractivity contribution in [3.05, 3.63) is 59.3 Å². The van der Waals surface area contributed by atoms with Gasteiger partial charge in [0, 0.05) is 18.4 Å². The third-order valence-electron chi connectivity index (χ3n) is 3.55.